The molecule has 5 heteroatoms. The Kier molecular flexibility index (Phi) is 3.58. The van der Waals surface area contributed by atoms with Gasteiger partial charge in [0.2, 0.25) is 0 Å². The Hall–Kier alpha value is -1.62. The zero-order valence-electron chi connectivity index (χ0n) is 10.2. The molecule has 1 amide bonds. The van der Waals surface area contributed by atoms with E-state index in [2.05, 4.69) is 27.4 Å². The first-order chi connectivity index (χ1) is 8.20. The predicted octanol–water partition coefficient (Wildman–Crippen LogP) is 0.239. The summed E-state index contributed by atoms with van der Waals surface area (Å²) in [6.07, 6.45) is 1.77. The number of hydrogen-bond acceptors (Lipinski definition) is 4. The van der Waals surface area contributed by atoms with E-state index in [9.17, 15) is 4.79 Å². The van der Waals surface area contributed by atoms with Crippen LogP contribution in [0.3, 0.4) is 0 Å². The topological polar surface area (TPSA) is 57.3 Å². The van der Waals surface area contributed by atoms with Gasteiger partial charge in [0, 0.05) is 32.7 Å². The number of anilines is 1. The van der Waals surface area contributed by atoms with E-state index in [1.807, 2.05) is 6.07 Å². The third kappa shape index (κ3) is 2.74. The highest BCUT2D eigenvalue weighted by Gasteiger charge is 2.16. The summed E-state index contributed by atoms with van der Waals surface area (Å²) < 4.78 is 0. The Morgan fingerprint density at radius 1 is 1.59 bits per heavy atom. The summed E-state index contributed by atoms with van der Waals surface area (Å²) >= 11 is 0. The Bertz CT molecular complexity index is 390. The zero-order valence-corrected chi connectivity index (χ0v) is 10.2. The van der Waals surface area contributed by atoms with E-state index in [0.29, 0.717) is 11.7 Å². The van der Waals surface area contributed by atoms with Crippen molar-refractivity contribution < 1.29 is 4.79 Å². The summed E-state index contributed by atoms with van der Waals surface area (Å²) in [4.78, 5) is 17.8. The summed E-state index contributed by atoms with van der Waals surface area (Å²) in [5, 5.41) is 5.96. The van der Waals surface area contributed by atoms with Crippen LogP contribution in [0.2, 0.25) is 0 Å². The van der Waals surface area contributed by atoms with Gasteiger partial charge in [-0.15, -0.1) is 0 Å². The van der Waals surface area contributed by atoms with Crippen molar-refractivity contribution in [3.63, 3.8) is 0 Å². The fourth-order valence-electron chi connectivity index (χ4n) is 2.00. The molecule has 1 saturated heterocycles. The van der Waals surface area contributed by atoms with Gasteiger partial charge in [-0.3, -0.25) is 4.79 Å². The van der Waals surface area contributed by atoms with Gasteiger partial charge in [-0.25, -0.2) is 4.98 Å². The minimum absolute atomic E-state index is 0.148. The molecule has 2 rings (SSSR count). The lowest BCUT2D eigenvalue weighted by Crippen LogP contribution is -2.49. The molecule has 1 aromatic rings. The summed E-state index contributed by atoms with van der Waals surface area (Å²) in [6, 6.07) is 4.21. The second-order valence-corrected chi connectivity index (χ2v) is 4.28. The first kappa shape index (κ1) is 11.9. The number of carbonyl (C=O) groups excluding carboxylic acids is 1. The second-order valence-electron chi connectivity index (χ2n) is 4.28. The van der Waals surface area contributed by atoms with Crippen molar-refractivity contribution in [1.82, 2.24) is 15.6 Å². The van der Waals surface area contributed by atoms with E-state index in [0.717, 1.165) is 25.3 Å². The van der Waals surface area contributed by atoms with Gasteiger partial charge in [0.1, 0.15) is 5.69 Å². The van der Waals surface area contributed by atoms with E-state index < -0.39 is 0 Å². The molecule has 0 saturated carbocycles. The quantitative estimate of drug-likeness (QED) is 0.769. The Morgan fingerprint density at radius 3 is 3.00 bits per heavy atom. The van der Waals surface area contributed by atoms with Crippen LogP contribution >= 0.6 is 0 Å². The van der Waals surface area contributed by atoms with Crippen molar-refractivity contribution in [3.8, 4) is 0 Å². The number of aromatic nitrogens is 1. The van der Waals surface area contributed by atoms with Crippen LogP contribution in [-0.4, -0.2) is 43.6 Å². The Labute approximate surface area is 101 Å². The minimum atomic E-state index is -0.148. The third-order valence-electron chi connectivity index (χ3n) is 2.94. The number of amides is 1. The van der Waals surface area contributed by atoms with Crippen LogP contribution in [0, 0.1) is 0 Å². The van der Waals surface area contributed by atoms with Crippen LogP contribution in [0.4, 0.5) is 5.69 Å². The van der Waals surface area contributed by atoms with Crippen LogP contribution < -0.4 is 15.5 Å². The van der Waals surface area contributed by atoms with E-state index >= 15 is 0 Å². The molecule has 1 atom stereocenters. The summed E-state index contributed by atoms with van der Waals surface area (Å²) in [7, 11) is 1.61. The highest BCUT2D eigenvalue weighted by Crippen LogP contribution is 2.14. The lowest BCUT2D eigenvalue weighted by Gasteiger charge is -2.33. The van der Waals surface area contributed by atoms with Crippen LogP contribution in [0.15, 0.2) is 18.3 Å². The van der Waals surface area contributed by atoms with Gasteiger partial charge >= 0.3 is 0 Å². The van der Waals surface area contributed by atoms with Crippen molar-refractivity contribution in [2.75, 3.05) is 31.6 Å². The molecule has 0 spiro atoms. The van der Waals surface area contributed by atoms with Crippen molar-refractivity contribution in [2.45, 2.75) is 13.0 Å². The third-order valence-corrected chi connectivity index (χ3v) is 2.94. The Balaban J connectivity index is 2.09. The van der Waals surface area contributed by atoms with Gasteiger partial charge in [-0.05, 0) is 19.1 Å². The van der Waals surface area contributed by atoms with Crippen LogP contribution in [0.1, 0.15) is 17.4 Å². The van der Waals surface area contributed by atoms with E-state index in [4.69, 9.17) is 0 Å². The van der Waals surface area contributed by atoms with Crippen molar-refractivity contribution >= 4 is 11.6 Å². The maximum atomic E-state index is 11.4. The van der Waals surface area contributed by atoms with Crippen molar-refractivity contribution in [3.05, 3.63) is 24.0 Å². The van der Waals surface area contributed by atoms with Crippen LogP contribution in [0.5, 0.6) is 0 Å². The predicted molar refractivity (Wildman–Crippen MR) is 67.3 cm³/mol. The molecule has 1 fully saturated rings. The zero-order chi connectivity index (χ0) is 12.3. The maximum absolute atomic E-state index is 11.4. The lowest BCUT2D eigenvalue weighted by atomic mass is 10.2. The highest BCUT2D eigenvalue weighted by atomic mass is 16.1. The number of nitrogens with one attached hydrogen (secondary N) is 2. The molecule has 0 bridgehead atoms. The molecule has 1 unspecified atom stereocenters. The van der Waals surface area contributed by atoms with Crippen LogP contribution in [0.25, 0.3) is 0 Å². The number of nitrogens with zero attached hydrogens (tertiary/aromatic N) is 2. The molecule has 1 aliphatic rings. The molecule has 0 aliphatic carbocycles. The molecular weight excluding hydrogens is 216 g/mol. The minimum Gasteiger partial charge on any atom is -0.367 e. The SMILES string of the molecule is CNC(=O)c1ccc(N2CCNC(C)C2)cn1. The fraction of sp³-hybridized carbons (Fsp3) is 0.500. The van der Waals surface area contributed by atoms with Gasteiger partial charge in [-0.1, -0.05) is 0 Å². The number of rotatable bonds is 2. The summed E-state index contributed by atoms with van der Waals surface area (Å²) in [5.74, 6) is -0.148. The molecule has 1 aromatic heterocycles. The molecule has 1 aliphatic heterocycles. The monoisotopic (exact) mass is 234 g/mol. The van der Waals surface area contributed by atoms with Crippen molar-refractivity contribution in [2.24, 2.45) is 0 Å². The maximum Gasteiger partial charge on any atom is 0.269 e. The molecule has 17 heavy (non-hydrogen) atoms. The van der Waals surface area contributed by atoms with Gasteiger partial charge in [0.25, 0.3) is 5.91 Å². The number of hydrogen-bond donors (Lipinski definition) is 2. The highest BCUT2D eigenvalue weighted by molar-refractivity contribution is 5.92. The lowest BCUT2D eigenvalue weighted by molar-refractivity contribution is 0.0958. The second kappa shape index (κ2) is 5.14. The summed E-state index contributed by atoms with van der Waals surface area (Å²) in [5.41, 5.74) is 1.53. The molecule has 0 aromatic carbocycles. The first-order valence-electron chi connectivity index (χ1n) is 5.87. The molecular formula is C12H18N4O. The Morgan fingerprint density at radius 2 is 2.41 bits per heavy atom. The summed E-state index contributed by atoms with van der Waals surface area (Å²) in [6.45, 7) is 5.10. The average molecular weight is 234 g/mol. The van der Waals surface area contributed by atoms with Gasteiger partial charge in [0.05, 0.1) is 11.9 Å². The first-order valence-corrected chi connectivity index (χ1v) is 5.87. The van der Waals surface area contributed by atoms with Gasteiger partial charge in [-0.2, -0.15) is 0 Å². The number of piperazine rings is 1. The molecule has 92 valence electrons. The van der Waals surface area contributed by atoms with E-state index in [1.165, 1.54) is 0 Å². The fourth-order valence-corrected chi connectivity index (χ4v) is 2.00. The number of carbonyl (C=O) groups is 1. The number of pyridine rings is 1. The van der Waals surface area contributed by atoms with Crippen molar-refractivity contribution in [1.29, 1.82) is 0 Å². The van der Waals surface area contributed by atoms with Gasteiger partial charge in [0.15, 0.2) is 0 Å². The van der Waals surface area contributed by atoms with E-state index in [1.54, 1.807) is 19.3 Å². The molecule has 0 radical (unpaired) electrons. The largest absolute Gasteiger partial charge is 0.367 e. The molecule has 2 N–H and O–H groups in total. The molecule has 2 heterocycles. The smallest absolute Gasteiger partial charge is 0.269 e. The normalized spacial score (nSPS) is 20.1. The standard InChI is InChI=1S/C12H18N4O/c1-9-8-16(6-5-14-9)10-3-4-11(15-7-10)12(17)13-2/h3-4,7,9,14H,5-6,8H2,1-2H3,(H,13,17). The molecule has 5 nitrogen and oxygen atoms in total. The average Bonchev–Trinajstić information content (AvgIpc) is 2.38. The van der Waals surface area contributed by atoms with E-state index in [-0.39, 0.29) is 5.91 Å². The van der Waals surface area contributed by atoms with Crippen LogP contribution in [-0.2, 0) is 0 Å². The van der Waals surface area contributed by atoms with Gasteiger partial charge < -0.3 is 15.5 Å².